The summed E-state index contributed by atoms with van der Waals surface area (Å²) in [5.41, 5.74) is 7.60. The van der Waals surface area contributed by atoms with Gasteiger partial charge >= 0.3 is 11.7 Å². The molecule has 0 bridgehead atoms. The first-order valence-corrected chi connectivity index (χ1v) is 5.76. The lowest BCUT2D eigenvalue weighted by molar-refractivity contribution is 0.249. The number of urea groups is 1. The van der Waals surface area contributed by atoms with Crippen molar-refractivity contribution in [1.82, 2.24) is 5.43 Å². The van der Waals surface area contributed by atoms with E-state index >= 15 is 0 Å². The van der Waals surface area contributed by atoms with E-state index in [0.29, 0.717) is 16.5 Å². The molecule has 0 unspecified atom stereocenters. The van der Waals surface area contributed by atoms with E-state index in [1.54, 1.807) is 26.0 Å². The maximum Gasteiger partial charge on any atom is 0.345 e. The first kappa shape index (κ1) is 13.6. The molecular weight excluding hydrogens is 262 g/mol. The van der Waals surface area contributed by atoms with Crippen LogP contribution in [-0.2, 0) is 0 Å². The van der Waals surface area contributed by atoms with Crippen LogP contribution in [0.3, 0.4) is 0 Å². The standard InChI is InChI=1S/C13H13N3O4/c1-6-10(17)4-3-8-5-9(12(18)20-11(6)8)7(2)15-16-13(14)19/h3-5,17H,1-2H3,(H3,14,16,19). The molecule has 0 radical (unpaired) electrons. The van der Waals surface area contributed by atoms with Gasteiger partial charge in [-0.3, -0.25) is 0 Å². The van der Waals surface area contributed by atoms with Crippen LogP contribution in [0, 0.1) is 6.92 Å². The maximum atomic E-state index is 11.9. The third kappa shape index (κ3) is 2.46. The monoisotopic (exact) mass is 275 g/mol. The molecule has 0 saturated carbocycles. The molecule has 0 aliphatic rings. The molecule has 1 aromatic carbocycles. The van der Waals surface area contributed by atoms with Gasteiger partial charge in [0.15, 0.2) is 0 Å². The molecule has 2 amide bonds. The van der Waals surface area contributed by atoms with E-state index in [1.807, 2.05) is 5.43 Å². The van der Waals surface area contributed by atoms with Gasteiger partial charge in [0, 0.05) is 10.9 Å². The second kappa shape index (κ2) is 5.04. The van der Waals surface area contributed by atoms with Crippen LogP contribution in [0.5, 0.6) is 5.75 Å². The van der Waals surface area contributed by atoms with Crippen molar-refractivity contribution in [3.05, 3.63) is 39.7 Å². The molecule has 7 heteroatoms. The Kier molecular flexibility index (Phi) is 3.43. The molecule has 104 valence electrons. The first-order valence-electron chi connectivity index (χ1n) is 5.76. The molecule has 0 aliphatic heterocycles. The van der Waals surface area contributed by atoms with E-state index in [1.165, 1.54) is 6.07 Å². The summed E-state index contributed by atoms with van der Waals surface area (Å²) in [6.45, 7) is 3.19. The SMILES string of the molecule is CC(=NNC(N)=O)c1cc2ccc(O)c(C)c2oc1=O. The van der Waals surface area contributed by atoms with Gasteiger partial charge in [-0.1, -0.05) is 0 Å². The minimum Gasteiger partial charge on any atom is -0.508 e. The minimum atomic E-state index is -0.824. The fourth-order valence-corrected chi connectivity index (χ4v) is 1.76. The summed E-state index contributed by atoms with van der Waals surface area (Å²) in [6.07, 6.45) is 0. The number of hydrogen-bond acceptors (Lipinski definition) is 5. The zero-order valence-corrected chi connectivity index (χ0v) is 10.9. The number of benzene rings is 1. The third-order valence-electron chi connectivity index (χ3n) is 2.85. The van der Waals surface area contributed by atoms with Crippen LogP contribution in [0.2, 0.25) is 0 Å². The second-order valence-corrected chi connectivity index (χ2v) is 4.25. The van der Waals surface area contributed by atoms with Crippen LogP contribution in [0.15, 0.2) is 32.5 Å². The number of nitrogens with one attached hydrogen (secondary N) is 1. The minimum absolute atomic E-state index is 0.0502. The van der Waals surface area contributed by atoms with Crippen LogP contribution < -0.4 is 16.8 Å². The van der Waals surface area contributed by atoms with Crippen molar-refractivity contribution < 1.29 is 14.3 Å². The molecule has 1 heterocycles. The number of carbonyl (C=O) groups is 1. The summed E-state index contributed by atoms with van der Waals surface area (Å²) in [5.74, 6) is 0.0502. The third-order valence-corrected chi connectivity index (χ3v) is 2.85. The molecule has 0 fully saturated rings. The lowest BCUT2D eigenvalue weighted by atomic mass is 10.1. The molecule has 0 aliphatic carbocycles. The molecule has 1 aromatic heterocycles. The van der Waals surface area contributed by atoms with E-state index in [4.69, 9.17) is 10.2 Å². The Morgan fingerprint density at radius 3 is 2.80 bits per heavy atom. The number of amides is 2. The molecule has 2 aromatic rings. The number of hydrazone groups is 1. The van der Waals surface area contributed by atoms with Crippen molar-refractivity contribution in [2.75, 3.05) is 0 Å². The van der Waals surface area contributed by atoms with Crippen LogP contribution >= 0.6 is 0 Å². The van der Waals surface area contributed by atoms with Crippen LogP contribution in [0.1, 0.15) is 18.1 Å². The predicted molar refractivity (Wildman–Crippen MR) is 73.8 cm³/mol. The molecule has 20 heavy (non-hydrogen) atoms. The van der Waals surface area contributed by atoms with Crippen molar-refractivity contribution in [3.8, 4) is 5.75 Å². The highest BCUT2D eigenvalue weighted by molar-refractivity contribution is 6.01. The van der Waals surface area contributed by atoms with Gasteiger partial charge in [0.1, 0.15) is 11.3 Å². The summed E-state index contributed by atoms with van der Waals surface area (Å²) >= 11 is 0. The number of nitrogens with two attached hydrogens (primary N) is 1. The van der Waals surface area contributed by atoms with Crippen molar-refractivity contribution in [2.24, 2.45) is 10.8 Å². The Morgan fingerprint density at radius 2 is 2.15 bits per heavy atom. The Hall–Kier alpha value is -2.83. The molecule has 2 rings (SSSR count). The fourth-order valence-electron chi connectivity index (χ4n) is 1.76. The lowest BCUT2D eigenvalue weighted by Crippen LogP contribution is -2.26. The number of primary amides is 1. The number of aryl methyl sites for hydroxylation is 1. The summed E-state index contributed by atoms with van der Waals surface area (Å²) in [4.78, 5) is 22.5. The van der Waals surface area contributed by atoms with E-state index in [-0.39, 0.29) is 17.0 Å². The predicted octanol–water partition coefficient (Wildman–Crippen LogP) is 1.20. The van der Waals surface area contributed by atoms with Crippen molar-refractivity contribution in [1.29, 1.82) is 0 Å². The number of fused-ring (bicyclic) bond motifs is 1. The summed E-state index contributed by atoms with van der Waals surface area (Å²) in [7, 11) is 0. The van der Waals surface area contributed by atoms with Gasteiger partial charge in [-0.05, 0) is 32.0 Å². The summed E-state index contributed by atoms with van der Waals surface area (Å²) in [6, 6.07) is 3.89. The molecule has 7 nitrogen and oxygen atoms in total. The molecule has 4 N–H and O–H groups in total. The Morgan fingerprint density at radius 1 is 1.45 bits per heavy atom. The van der Waals surface area contributed by atoms with Gasteiger partial charge in [0.2, 0.25) is 0 Å². The number of nitrogens with zero attached hydrogens (tertiary/aromatic N) is 1. The second-order valence-electron chi connectivity index (χ2n) is 4.25. The van der Waals surface area contributed by atoms with Gasteiger partial charge in [-0.25, -0.2) is 15.0 Å². The smallest absolute Gasteiger partial charge is 0.345 e. The largest absolute Gasteiger partial charge is 0.508 e. The maximum absolute atomic E-state index is 11.9. The molecule has 0 atom stereocenters. The van der Waals surface area contributed by atoms with Crippen molar-refractivity contribution >= 4 is 22.7 Å². The Bertz CT molecular complexity index is 777. The summed E-state index contributed by atoms with van der Waals surface area (Å²) in [5, 5.41) is 13.9. The number of hydrogen-bond donors (Lipinski definition) is 3. The van der Waals surface area contributed by atoms with Gasteiger partial charge < -0.3 is 15.3 Å². The topological polar surface area (TPSA) is 118 Å². The van der Waals surface area contributed by atoms with Crippen LogP contribution in [0.25, 0.3) is 11.0 Å². The molecule has 0 spiro atoms. The highest BCUT2D eigenvalue weighted by Gasteiger charge is 2.11. The van der Waals surface area contributed by atoms with E-state index in [9.17, 15) is 14.7 Å². The number of aromatic hydroxyl groups is 1. The zero-order chi connectivity index (χ0) is 14.9. The highest BCUT2D eigenvalue weighted by atomic mass is 16.4. The van der Waals surface area contributed by atoms with Gasteiger partial charge in [-0.15, -0.1) is 0 Å². The van der Waals surface area contributed by atoms with Crippen molar-refractivity contribution in [3.63, 3.8) is 0 Å². The van der Waals surface area contributed by atoms with Gasteiger partial charge in [0.25, 0.3) is 0 Å². The normalized spacial score (nSPS) is 11.6. The van der Waals surface area contributed by atoms with Crippen LogP contribution in [0.4, 0.5) is 4.79 Å². The Balaban J connectivity index is 2.60. The van der Waals surface area contributed by atoms with E-state index in [2.05, 4.69) is 5.10 Å². The Labute approximate surface area is 113 Å². The average Bonchev–Trinajstić information content (AvgIpc) is 2.40. The number of phenols is 1. The molecular formula is C13H13N3O4. The zero-order valence-electron chi connectivity index (χ0n) is 10.9. The summed E-state index contributed by atoms with van der Waals surface area (Å²) < 4.78 is 5.19. The number of carbonyl (C=O) groups excluding carboxylic acids is 1. The first-order chi connectivity index (χ1) is 9.40. The van der Waals surface area contributed by atoms with Gasteiger partial charge in [0.05, 0.1) is 11.3 Å². The number of rotatable bonds is 2. The van der Waals surface area contributed by atoms with Gasteiger partial charge in [-0.2, -0.15) is 5.10 Å². The highest BCUT2D eigenvalue weighted by Crippen LogP contribution is 2.25. The average molecular weight is 275 g/mol. The molecule has 0 saturated heterocycles. The number of phenolic OH excluding ortho intramolecular Hbond substituents is 1. The van der Waals surface area contributed by atoms with Crippen LogP contribution in [-0.4, -0.2) is 16.8 Å². The fraction of sp³-hybridized carbons (Fsp3) is 0.154. The quantitative estimate of drug-likeness (QED) is 0.433. The lowest BCUT2D eigenvalue weighted by Gasteiger charge is -2.05. The van der Waals surface area contributed by atoms with E-state index in [0.717, 1.165) is 0 Å². The van der Waals surface area contributed by atoms with Crippen molar-refractivity contribution in [2.45, 2.75) is 13.8 Å². The van der Waals surface area contributed by atoms with E-state index < -0.39 is 11.7 Å².